The summed E-state index contributed by atoms with van der Waals surface area (Å²) < 4.78 is 0. The van der Waals surface area contributed by atoms with Gasteiger partial charge in [0.15, 0.2) is 0 Å². The minimum Gasteiger partial charge on any atom is -0.480 e. The molecule has 0 aliphatic heterocycles. The third-order valence-electron chi connectivity index (χ3n) is 8.51. The Hall–Kier alpha value is -5.36. The van der Waals surface area contributed by atoms with Crippen molar-refractivity contribution in [2.24, 2.45) is 0 Å². The van der Waals surface area contributed by atoms with E-state index < -0.39 is 118 Å². The molecule has 352 valence electrons. The zero-order valence-electron chi connectivity index (χ0n) is 35.3. The van der Waals surface area contributed by atoms with E-state index >= 15 is 0 Å². The largest absolute Gasteiger partial charge is 1.00 e. The average Bonchev–Trinajstić information content (AvgIpc) is 3.14. The van der Waals surface area contributed by atoms with Crippen LogP contribution in [0.4, 0.5) is 11.4 Å². The van der Waals surface area contributed by atoms with Crippen molar-refractivity contribution in [3.63, 3.8) is 0 Å². The maximum Gasteiger partial charge on any atom is 1.00 e. The van der Waals surface area contributed by atoms with Crippen LogP contribution >= 0.6 is 0 Å². The van der Waals surface area contributed by atoms with Crippen LogP contribution in [-0.4, -0.2) is 261 Å². The van der Waals surface area contributed by atoms with Crippen molar-refractivity contribution < 1.29 is 118 Å². The van der Waals surface area contributed by atoms with E-state index in [1.165, 1.54) is 43.9 Å². The van der Waals surface area contributed by atoms with Crippen molar-refractivity contribution in [1.29, 1.82) is 0 Å². The third-order valence-corrected chi connectivity index (χ3v) is 8.51. The number of hydrogen-bond acceptors (Lipinski definition) is 17. The minimum atomic E-state index is -1.29. The number of nitrogens with one attached hydrogen (secondary N) is 3. The molecule has 64 heavy (non-hydrogen) atoms. The third kappa shape index (κ3) is 30.6. The first-order valence-electron chi connectivity index (χ1n) is 19.1. The summed E-state index contributed by atoms with van der Waals surface area (Å²) in [6.45, 7) is -5.02. The van der Waals surface area contributed by atoms with Crippen LogP contribution < -0.4 is 45.5 Å². The second-order valence-corrected chi connectivity index (χ2v) is 14.0. The molecule has 0 fully saturated rings. The van der Waals surface area contributed by atoms with Gasteiger partial charge in [-0.1, -0.05) is 0 Å². The molecule has 0 aliphatic rings. The number of benzene rings is 1. The van der Waals surface area contributed by atoms with Crippen molar-refractivity contribution in [1.82, 2.24) is 34.7 Å². The van der Waals surface area contributed by atoms with E-state index in [4.69, 9.17) is 20.4 Å². The van der Waals surface area contributed by atoms with Crippen LogP contribution in [0.2, 0.25) is 0 Å². The summed E-state index contributed by atoms with van der Waals surface area (Å²) >= 11 is 0. The molecule has 0 aliphatic carbocycles. The predicted molar refractivity (Wildman–Crippen MR) is 216 cm³/mol. The second kappa shape index (κ2) is 32.3. The molecule has 0 spiro atoms. The molecule has 0 atom stereocenters. The van der Waals surface area contributed by atoms with Crippen LogP contribution in [0.25, 0.3) is 0 Å². The number of amides is 2. The fraction of sp³-hybridized carbons (Fsp3) is 0.556. The predicted octanol–water partition coefficient (Wildman–Crippen LogP) is -7.35. The normalized spacial score (nSPS) is 11.2. The van der Waals surface area contributed by atoms with Gasteiger partial charge in [-0.15, -0.1) is 0 Å². The monoisotopic (exact) mass is 924 g/mol. The Morgan fingerprint density at radius 1 is 0.344 bits per heavy atom. The number of hydrogen-bond donors (Lipinski definition) is 11. The number of rotatable bonds is 37. The van der Waals surface area contributed by atoms with Gasteiger partial charge in [0.25, 0.3) is 0 Å². The molecule has 27 nitrogen and oxygen atoms in total. The molecule has 1 aromatic rings. The molecule has 0 saturated heterocycles. The van der Waals surface area contributed by atoms with E-state index in [9.17, 15) is 68.4 Å². The molecular formula is C36H55N9NaO18+. The summed E-state index contributed by atoms with van der Waals surface area (Å²) in [6, 6.07) is 5.88. The summed E-state index contributed by atoms with van der Waals surface area (Å²) in [5, 5.41) is 81.7. The molecule has 0 unspecified atom stereocenters. The second-order valence-electron chi connectivity index (χ2n) is 14.0. The molecule has 0 bridgehead atoms. The molecule has 0 heterocycles. The fourth-order valence-corrected chi connectivity index (χ4v) is 5.80. The summed E-state index contributed by atoms with van der Waals surface area (Å²) in [4.78, 5) is 123. The van der Waals surface area contributed by atoms with E-state index in [1.807, 2.05) is 0 Å². The Morgan fingerprint density at radius 2 is 0.578 bits per heavy atom. The minimum absolute atomic E-state index is 0. The number of carbonyl (C=O) groups is 10. The molecule has 2 amide bonds. The van der Waals surface area contributed by atoms with Gasteiger partial charge in [0.2, 0.25) is 11.8 Å². The topological polar surface area (TPSA) is 388 Å². The SMILES string of the molecule is O=C(O)CN(CCNCC(=O)Nc1ccc(NC(=O)CN(CCN(CCN(CC(=O)O)CC(=O)O)CC(=O)O)CC(=O)O)cc1)CCN(CCN(CC(=O)O)CC(=O)O)CC(=O)O.[Na+]. The first kappa shape index (κ1) is 58.6. The zero-order chi connectivity index (χ0) is 47.5. The van der Waals surface area contributed by atoms with Crippen molar-refractivity contribution in [3.05, 3.63) is 24.3 Å². The van der Waals surface area contributed by atoms with Crippen molar-refractivity contribution in [3.8, 4) is 0 Å². The quantitative estimate of drug-likeness (QED) is 0.0218. The van der Waals surface area contributed by atoms with Crippen LogP contribution in [0.3, 0.4) is 0 Å². The smallest absolute Gasteiger partial charge is 0.480 e. The van der Waals surface area contributed by atoms with E-state index in [0.29, 0.717) is 5.69 Å². The molecule has 11 N–H and O–H groups in total. The number of carboxylic acids is 8. The van der Waals surface area contributed by atoms with Gasteiger partial charge in [0, 0.05) is 76.8 Å². The van der Waals surface area contributed by atoms with E-state index in [2.05, 4.69) is 16.0 Å². The summed E-state index contributed by atoms with van der Waals surface area (Å²) in [5.74, 6) is -11.1. The average molecular weight is 925 g/mol. The molecule has 1 aromatic carbocycles. The number of carboxylic acid groups (broad SMARTS) is 8. The molecule has 28 heteroatoms. The molecule has 0 saturated carbocycles. The summed E-state index contributed by atoms with van der Waals surface area (Å²) in [5.41, 5.74) is 0.626. The van der Waals surface area contributed by atoms with Gasteiger partial charge in [-0.25, -0.2) is 0 Å². The van der Waals surface area contributed by atoms with Gasteiger partial charge in [-0.2, -0.15) is 0 Å². The van der Waals surface area contributed by atoms with E-state index in [-0.39, 0.29) is 107 Å². The number of carbonyl (C=O) groups excluding carboxylic acids is 2. The van der Waals surface area contributed by atoms with Crippen LogP contribution in [0.15, 0.2) is 24.3 Å². The molecular weight excluding hydrogens is 869 g/mol. The maximum absolute atomic E-state index is 12.8. The summed E-state index contributed by atoms with van der Waals surface area (Å²) in [7, 11) is 0. The van der Waals surface area contributed by atoms with Gasteiger partial charge in [-0.3, -0.25) is 77.3 Å². The number of anilines is 2. The van der Waals surface area contributed by atoms with Crippen molar-refractivity contribution in [2.75, 3.05) is 142 Å². The maximum atomic E-state index is 12.8. The molecule has 0 aromatic heterocycles. The van der Waals surface area contributed by atoms with Gasteiger partial charge < -0.3 is 56.8 Å². The Labute approximate surface area is 388 Å². The van der Waals surface area contributed by atoms with E-state index in [1.54, 1.807) is 0 Å². The van der Waals surface area contributed by atoms with Crippen LogP contribution in [0.1, 0.15) is 0 Å². The van der Waals surface area contributed by atoms with E-state index in [0.717, 1.165) is 9.80 Å². The summed E-state index contributed by atoms with van der Waals surface area (Å²) in [6.07, 6.45) is 0. The van der Waals surface area contributed by atoms with Crippen molar-refractivity contribution >= 4 is 70.9 Å². The first-order valence-corrected chi connectivity index (χ1v) is 19.1. The van der Waals surface area contributed by atoms with Crippen molar-refractivity contribution in [2.45, 2.75) is 0 Å². The Kier molecular flexibility index (Phi) is 29.6. The van der Waals surface area contributed by atoms with Gasteiger partial charge in [0.1, 0.15) is 0 Å². The first-order chi connectivity index (χ1) is 29.6. The molecule has 0 radical (unpaired) electrons. The Balaban J connectivity index is 0.0000397. The molecule has 1 rings (SSSR count). The van der Waals surface area contributed by atoms with Gasteiger partial charge >= 0.3 is 77.3 Å². The number of nitrogens with zero attached hydrogens (tertiary/aromatic N) is 6. The van der Waals surface area contributed by atoms with Crippen LogP contribution in [-0.2, 0) is 47.9 Å². The van der Waals surface area contributed by atoms with Crippen LogP contribution in [0.5, 0.6) is 0 Å². The Morgan fingerprint density at radius 3 is 0.875 bits per heavy atom. The number of aliphatic carboxylic acids is 8. The van der Waals surface area contributed by atoms with Gasteiger partial charge in [0.05, 0.1) is 65.4 Å². The fourth-order valence-electron chi connectivity index (χ4n) is 5.80. The Bertz CT molecular complexity index is 1690. The van der Waals surface area contributed by atoms with Gasteiger partial charge in [-0.05, 0) is 24.3 Å². The standard InChI is InChI=1S/C36H55N9O18.Na/c46-27(15-37-5-6-40(17-29(48)49)7-8-41(18-30(50)51)10-13-44(21-33(56)57)22-34(58)59)38-25-1-3-26(4-2-25)39-28(47)16-43(20-32(54)55)12-9-42(19-31(52)53)11-14-45(23-35(60)61)24-36(62)63;/h1-4,37H,5-24H2,(H,38,46)(H,39,47)(H,48,49)(H,50,51)(H,52,53)(H,54,55)(H,56,57)(H,58,59)(H,60,61)(H,62,63);/q;+1. The zero-order valence-corrected chi connectivity index (χ0v) is 37.3. The van der Waals surface area contributed by atoms with Crippen LogP contribution in [0, 0.1) is 0 Å².